The molecule has 1 aromatic carbocycles. The third kappa shape index (κ3) is 7.31. The molecule has 1 aliphatic carbocycles. The van der Waals surface area contributed by atoms with E-state index in [4.69, 9.17) is 4.99 Å². The van der Waals surface area contributed by atoms with E-state index in [1.165, 1.54) is 36.9 Å². The minimum Gasteiger partial charge on any atom is -0.357 e. The molecule has 0 radical (unpaired) electrons. The second kappa shape index (κ2) is 12.6. The third-order valence-corrected chi connectivity index (χ3v) is 8.55. The van der Waals surface area contributed by atoms with Gasteiger partial charge in [0.2, 0.25) is 0 Å². The zero-order valence-electron chi connectivity index (χ0n) is 19.7. The van der Waals surface area contributed by atoms with E-state index in [1.54, 1.807) is 0 Å². The van der Waals surface area contributed by atoms with Crippen LogP contribution < -0.4 is 10.6 Å². The first kappa shape index (κ1) is 24.2. The minimum absolute atomic E-state index is 0.325. The fraction of sp³-hybridized carbons (Fsp3) is 0.720. The lowest BCUT2D eigenvalue weighted by atomic mass is 9.95. The molecule has 1 aromatic rings. The molecular weight excluding hydrogens is 404 g/mol. The number of piperidine rings is 1. The Morgan fingerprint density at radius 3 is 2.68 bits per heavy atom. The van der Waals surface area contributed by atoms with Gasteiger partial charge < -0.3 is 10.6 Å². The zero-order valence-corrected chi connectivity index (χ0v) is 20.6. The maximum absolute atomic E-state index is 12.3. The lowest BCUT2D eigenvalue weighted by Crippen LogP contribution is -2.46. The third-order valence-electron chi connectivity index (χ3n) is 6.81. The highest BCUT2D eigenvalue weighted by Crippen LogP contribution is 2.23. The van der Waals surface area contributed by atoms with Gasteiger partial charge in [-0.1, -0.05) is 44.0 Å². The van der Waals surface area contributed by atoms with Crippen molar-refractivity contribution < 1.29 is 4.21 Å². The van der Waals surface area contributed by atoms with Crippen molar-refractivity contribution >= 4 is 16.8 Å². The van der Waals surface area contributed by atoms with Crippen LogP contribution >= 0.6 is 0 Å². The Balaban J connectivity index is 1.64. The van der Waals surface area contributed by atoms with E-state index >= 15 is 0 Å². The molecule has 0 aromatic heterocycles. The summed E-state index contributed by atoms with van der Waals surface area (Å²) in [6, 6.07) is 9.78. The first-order chi connectivity index (χ1) is 15.1. The smallest absolute Gasteiger partial charge is 0.191 e. The van der Waals surface area contributed by atoms with Crippen LogP contribution in [0.2, 0.25) is 0 Å². The van der Waals surface area contributed by atoms with Crippen molar-refractivity contribution in [1.29, 1.82) is 0 Å². The Morgan fingerprint density at radius 1 is 1.13 bits per heavy atom. The van der Waals surface area contributed by atoms with Gasteiger partial charge in [-0.3, -0.25) is 9.11 Å². The van der Waals surface area contributed by atoms with Crippen molar-refractivity contribution in [3.8, 4) is 0 Å². The lowest BCUT2D eigenvalue weighted by molar-refractivity contribution is 0.152. The second-order valence-electron chi connectivity index (χ2n) is 9.08. The van der Waals surface area contributed by atoms with Crippen molar-refractivity contribution in [2.45, 2.75) is 96.1 Å². The number of hydrogen-bond acceptors (Lipinski definition) is 3. The van der Waals surface area contributed by atoms with Crippen molar-refractivity contribution in [1.82, 2.24) is 15.5 Å². The molecule has 3 rings (SSSR count). The van der Waals surface area contributed by atoms with E-state index in [0.717, 1.165) is 50.5 Å². The average molecular weight is 447 g/mol. The van der Waals surface area contributed by atoms with Crippen molar-refractivity contribution in [3.05, 3.63) is 35.4 Å². The van der Waals surface area contributed by atoms with Gasteiger partial charge >= 0.3 is 0 Å². The number of nitrogens with zero attached hydrogens (tertiary/aromatic N) is 2. The largest absolute Gasteiger partial charge is 0.357 e. The van der Waals surface area contributed by atoms with Gasteiger partial charge in [-0.15, -0.1) is 0 Å². The molecule has 174 valence electrons. The molecule has 1 saturated heterocycles. The molecule has 5 nitrogen and oxygen atoms in total. The Kier molecular flexibility index (Phi) is 9.85. The molecule has 6 heteroatoms. The van der Waals surface area contributed by atoms with Crippen molar-refractivity contribution in [2.75, 3.05) is 18.8 Å². The van der Waals surface area contributed by atoms with Crippen LogP contribution in [0.1, 0.15) is 76.8 Å². The van der Waals surface area contributed by atoms with Crippen LogP contribution in [-0.4, -0.2) is 51.2 Å². The molecule has 2 N–H and O–H groups in total. The van der Waals surface area contributed by atoms with E-state index in [0.29, 0.717) is 23.9 Å². The average Bonchev–Trinajstić information content (AvgIpc) is 2.79. The molecule has 4 unspecified atom stereocenters. The molecule has 2 fully saturated rings. The Morgan fingerprint density at radius 2 is 1.94 bits per heavy atom. The summed E-state index contributed by atoms with van der Waals surface area (Å²) in [6.07, 6.45) is 8.32. The fourth-order valence-electron chi connectivity index (χ4n) is 4.91. The Labute approximate surface area is 191 Å². The molecular formula is C25H42N4OS. The molecule has 0 spiro atoms. The summed E-state index contributed by atoms with van der Waals surface area (Å²) < 4.78 is 12.3. The summed E-state index contributed by atoms with van der Waals surface area (Å²) in [5.41, 5.74) is 2.71. The lowest BCUT2D eigenvalue weighted by Gasteiger charge is -2.33. The van der Waals surface area contributed by atoms with Gasteiger partial charge in [-0.2, -0.15) is 0 Å². The van der Waals surface area contributed by atoms with Crippen molar-refractivity contribution in [2.24, 2.45) is 4.99 Å². The summed E-state index contributed by atoms with van der Waals surface area (Å²) in [5, 5.41) is 7.38. The second-order valence-corrected chi connectivity index (χ2v) is 11.1. The molecule has 1 saturated carbocycles. The van der Waals surface area contributed by atoms with Crippen LogP contribution in [0.5, 0.6) is 0 Å². The summed E-state index contributed by atoms with van der Waals surface area (Å²) in [4.78, 5) is 7.56. The quantitative estimate of drug-likeness (QED) is 0.464. The predicted octanol–water partition coefficient (Wildman–Crippen LogP) is 4.20. The van der Waals surface area contributed by atoms with E-state index in [-0.39, 0.29) is 0 Å². The van der Waals surface area contributed by atoms with E-state index in [1.807, 2.05) is 6.92 Å². The van der Waals surface area contributed by atoms with Crippen molar-refractivity contribution in [3.63, 3.8) is 0 Å². The van der Waals surface area contributed by atoms with Crippen LogP contribution in [0.3, 0.4) is 0 Å². The number of benzene rings is 1. The number of hydrogen-bond donors (Lipinski definition) is 2. The van der Waals surface area contributed by atoms with Crippen LogP contribution in [-0.2, 0) is 23.9 Å². The van der Waals surface area contributed by atoms with E-state index in [9.17, 15) is 4.21 Å². The predicted molar refractivity (Wildman–Crippen MR) is 133 cm³/mol. The molecule has 2 aliphatic rings. The van der Waals surface area contributed by atoms with Crippen LogP contribution in [0.4, 0.5) is 0 Å². The topological polar surface area (TPSA) is 56.7 Å². The number of likely N-dealkylation sites (tertiary alicyclic amines) is 1. The SMILES string of the molecule is CCNC(=NCc1ccccc1CN1CCCCC1C)NC1CCCC(S(=O)CC)C1. The summed E-state index contributed by atoms with van der Waals surface area (Å²) in [7, 11) is -0.701. The van der Waals surface area contributed by atoms with Gasteiger partial charge in [0.25, 0.3) is 0 Å². The molecule has 0 amide bonds. The molecule has 1 heterocycles. The number of guanidine groups is 1. The molecule has 1 aliphatic heterocycles. The maximum Gasteiger partial charge on any atom is 0.191 e. The minimum atomic E-state index is -0.701. The molecule has 0 bridgehead atoms. The Hall–Kier alpha value is -1.40. The molecule has 4 atom stereocenters. The number of rotatable bonds is 8. The standard InChI is InChI=1S/C25H42N4OS/c1-4-26-25(28-23-14-10-15-24(17-23)31(30)5-2)27-18-21-12-6-7-13-22(21)19-29-16-9-8-11-20(29)3/h6-7,12-13,20,23-24H,4-5,8-11,14-19H2,1-3H3,(H2,26,27,28). The van der Waals surface area contributed by atoms with Gasteiger partial charge in [0.1, 0.15) is 0 Å². The highest BCUT2D eigenvalue weighted by molar-refractivity contribution is 7.85. The zero-order chi connectivity index (χ0) is 22.1. The Bertz CT molecular complexity index is 738. The number of nitrogens with one attached hydrogen (secondary N) is 2. The van der Waals surface area contributed by atoms with Gasteiger partial charge in [0.05, 0.1) is 6.54 Å². The molecule has 31 heavy (non-hydrogen) atoms. The highest BCUT2D eigenvalue weighted by Gasteiger charge is 2.26. The fourth-order valence-corrected chi connectivity index (χ4v) is 6.25. The summed E-state index contributed by atoms with van der Waals surface area (Å²) in [6.45, 7) is 10.2. The van der Waals surface area contributed by atoms with Gasteiger partial charge in [-0.05, 0) is 63.6 Å². The maximum atomic E-state index is 12.3. The van der Waals surface area contributed by atoms with Gasteiger partial charge in [-0.25, -0.2) is 4.99 Å². The van der Waals surface area contributed by atoms with E-state index in [2.05, 4.69) is 53.6 Å². The monoisotopic (exact) mass is 446 g/mol. The normalized spacial score (nSPS) is 26.4. The highest BCUT2D eigenvalue weighted by atomic mass is 32.2. The summed E-state index contributed by atoms with van der Waals surface area (Å²) in [5.74, 6) is 1.65. The van der Waals surface area contributed by atoms with E-state index < -0.39 is 10.8 Å². The van der Waals surface area contributed by atoms with Crippen LogP contribution in [0.15, 0.2) is 29.3 Å². The summed E-state index contributed by atoms with van der Waals surface area (Å²) >= 11 is 0. The van der Waals surface area contributed by atoms with Gasteiger partial charge in [0.15, 0.2) is 5.96 Å². The first-order valence-corrected chi connectivity index (χ1v) is 13.7. The number of aliphatic imine (C=N–C) groups is 1. The van der Waals surface area contributed by atoms with Gasteiger partial charge in [0, 0.05) is 47.0 Å². The van der Waals surface area contributed by atoms with Crippen LogP contribution in [0, 0.1) is 0 Å². The van der Waals surface area contributed by atoms with Crippen LogP contribution in [0.25, 0.3) is 0 Å². The first-order valence-electron chi connectivity index (χ1n) is 12.3.